The Morgan fingerprint density at radius 3 is 2.51 bits per heavy atom. The Morgan fingerprint density at radius 1 is 1.06 bits per heavy atom. The summed E-state index contributed by atoms with van der Waals surface area (Å²) in [6.45, 7) is 7.79. The molecule has 0 fully saturated rings. The lowest BCUT2D eigenvalue weighted by Gasteiger charge is -2.29. The molecule has 3 aromatic carbocycles. The number of carboxylic acid groups (broad SMARTS) is 1. The minimum Gasteiger partial charge on any atom is -0.497 e. The van der Waals surface area contributed by atoms with E-state index in [0.717, 1.165) is 11.1 Å². The van der Waals surface area contributed by atoms with Gasteiger partial charge in [0, 0.05) is 17.4 Å². The topological polar surface area (TPSA) is 76.0 Å². The Bertz CT molecular complexity index is 1200. The first kappa shape index (κ1) is 26.0. The number of benzene rings is 3. The van der Waals surface area contributed by atoms with E-state index in [1.54, 1.807) is 30.3 Å². The number of halogens is 1. The minimum absolute atomic E-state index is 0.0477. The number of carboxylic acids is 1. The van der Waals surface area contributed by atoms with E-state index >= 15 is 0 Å². The van der Waals surface area contributed by atoms with Gasteiger partial charge in [0.1, 0.15) is 23.9 Å². The maximum absolute atomic E-state index is 14.8. The summed E-state index contributed by atoms with van der Waals surface area (Å²) in [6, 6.07) is 17.2. The lowest BCUT2D eigenvalue weighted by atomic mass is 9.79. The molecule has 0 saturated carbocycles. The van der Waals surface area contributed by atoms with Crippen molar-refractivity contribution < 1.29 is 28.9 Å². The first-order valence-corrected chi connectivity index (χ1v) is 11.4. The quantitative estimate of drug-likeness (QED) is 0.314. The molecule has 0 heterocycles. The van der Waals surface area contributed by atoms with Crippen LogP contribution in [-0.4, -0.2) is 23.3 Å². The molecule has 3 rings (SSSR count). The van der Waals surface area contributed by atoms with Gasteiger partial charge < -0.3 is 19.7 Å². The van der Waals surface area contributed by atoms with E-state index in [1.807, 2.05) is 44.2 Å². The third-order valence-electron chi connectivity index (χ3n) is 6.04. The Morgan fingerprint density at radius 2 is 1.83 bits per heavy atom. The Balaban J connectivity index is 1.94. The molecular weight excluding hydrogens is 447 g/mol. The van der Waals surface area contributed by atoms with Crippen molar-refractivity contribution >= 4 is 5.97 Å². The van der Waals surface area contributed by atoms with Gasteiger partial charge >= 0.3 is 5.97 Å². The summed E-state index contributed by atoms with van der Waals surface area (Å²) < 4.78 is 26.0. The van der Waals surface area contributed by atoms with Gasteiger partial charge in [-0.25, -0.2) is 4.39 Å². The van der Waals surface area contributed by atoms with Crippen molar-refractivity contribution in [1.82, 2.24) is 0 Å². The van der Waals surface area contributed by atoms with Gasteiger partial charge in [0.05, 0.1) is 13.2 Å². The monoisotopic (exact) mass is 478 g/mol. The number of hydrogen-bond donors (Lipinski definition) is 2. The van der Waals surface area contributed by atoms with Gasteiger partial charge in [-0.1, -0.05) is 44.2 Å². The van der Waals surface area contributed by atoms with Crippen molar-refractivity contribution in [3.05, 3.63) is 95.8 Å². The van der Waals surface area contributed by atoms with Crippen molar-refractivity contribution in [3.63, 3.8) is 0 Å². The van der Waals surface area contributed by atoms with E-state index in [4.69, 9.17) is 14.6 Å². The predicted molar refractivity (Wildman–Crippen MR) is 134 cm³/mol. The number of hydrogen-bond acceptors (Lipinski definition) is 4. The van der Waals surface area contributed by atoms with Crippen LogP contribution in [0.15, 0.2) is 73.3 Å². The summed E-state index contributed by atoms with van der Waals surface area (Å²) in [7, 11) is 1.52. The first-order valence-electron chi connectivity index (χ1n) is 11.4. The van der Waals surface area contributed by atoms with Crippen LogP contribution in [0.2, 0.25) is 0 Å². The fourth-order valence-electron chi connectivity index (χ4n) is 3.73. The molecule has 0 aliphatic heterocycles. The highest BCUT2D eigenvalue weighted by molar-refractivity contribution is 5.70. The summed E-state index contributed by atoms with van der Waals surface area (Å²) in [5.74, 6) is -0.139. The highest BCUT2D eigenvalue weighted by Crippen LogP contribution is 2.41. The molecule has 0 aliphatic rings. The standard InChI is InChI=1S/C29H31FO5/c1-5-29(2,3)28(33)25-16-20(9-12-23(25)24-17-21(34-4)11-13-26(24)30)18-35-22-8-6-7-19(15-22)10-14-27(31)32/h5-9,11-13,15-17,28,33H,1,10,14,18H2,2-4H3,(H,31,32)/t28-/m0/s1. The molecule has 0 aliphatic carbocycles. The minimum atomic E-state index is -0.945. The summed E-state index contributed by atoms with van der Waals surface area (Å²) in [4.78, 5) is 10.8. The van der Waals surface area contributed by atoms with Crippen molar-refractivity contribution in [2.24, 2.45) is 5.41 Å². The van der Waals surface area contributed by atoms with E-state index in [-0.39, 0.29) is 13.0 Å². The number of rotatable bonds is 11. The number of carbonyl (C=O) groups is 1. The van der Waals surface area contributed by atoms with Crippen LogP contribution < -0.4 is 9.47 Å². The summed E-state index contributed by atoms with van der Waals surface area (Å²) in [6.07, 6.45) is 1.20. The van der Waals surface area contributed by atoms with E-state index in [9.17, 15) is 14.3 Å². The maximum Gasteiger partial charge on any atom is 0.303 e. The number of ether oxygens (including phenoxy) is 2. The van der Waals surface area contributed by atoms with Crippen LogP contribution in [-0.2, 0) is 17.8 Å². The highest BCUT2D eigenvalue weighted by atomic mass is 19.1. The fraction of sp³-hybridized carbons (Fsp3) is 0.276. The van der Waals surface area contributed by atoms with Crippen LogP contribution in [0.4, 0.5) is 4.39 Å². The van der Waals surface area contributed by atoms with E-state index < -0.39 is 23.3 Å². The van der Waals surface area contributed by atoms with Gasteiger partial charge in [0.15, 0.2) is 0 Å². The molecule has 0 radical (unpaired) electrons. The highest BCUT2D eigenvalue weighted by Gasteiger charge is 2.29. The molecule has 0 saturated heterocycles. The first-order chi connectivity index (χ1) is 16.6. The number of aliphatic hydroxyl groups excluding tert-OH is 1. The normalized spacial score (nSPS) is 12.1. The second-order valence-corrected chi connectivity index (χ2v) is 9.03. The molecule has 6 heteroatoms. The van der Waals surface area contributed by atoms with Gasteiger partial charge in [0.2, 0.25) is 0 Å². The largest absolute Gasteiger partial charge is 0.497 e. The zero-order chi connectivity index (χ0) is 25.6. The van der Waals surface area contributed by atoms with Crippen molar-refractivity contribution in [2.45, 2.75) is 39.4 Å². The molecule has 0 bridgehead atoms. The lowest BCUT2D eigenvalue weighted by molar-refractivity contribution is -0.136. The second kappa shape index (κ2) is 11.2. The average Bonchev–Trinajstić information content (AvgIpc) is 2.86. The van der Waals surface area contributed by atoms with Gasteiger partial charge in [0.25, 0.3) is 0 Å². The molecule has 0 unspecified atom stereocenters. The van der Waals surface area contributed by atoms with Crippen LogP contribution in [0.1, 0.15) is 43.1 Å². The van der Waals surface area contributed by atoms with Gasteiger partial charge in [-0.2, -0.15) is 0 Å². The molecule has 2 N–H and O–H groups in total. The molecular formula is C29H31FO5. The van der Waals surface area contributed by atoms with Crippen LogP contribution in [0.3, 0.4) is 0 Å². The van der Waals surface area contributed by atoms with E-state index in [1.165, 1.54) is 13.2 Å². The molecule has 184 valence electrons. The maximum atomic E-state index is 14.8. The molecule has 0 amide bonds. The zero-order valence-corrected chi connectivity index (χ0v) is 20.3. The molecule has 0 aromatic heterocycles. The summed E-state index contributed by atoms with van der Waals surface area (Å²) in [5.41, 5.74) is 2.44. The Hall–Kier alpha value is -3.64. The number of aliphatic hydroxyl groups is 1. The SMILES string of the molecule is C=CC(C)(C)[C@@H](O)c1cc(COc2cccc(CCC(=O)O)c2)ccc1-c1cc(OC)ccc1F. The van der Waals surface area contributed by atoms with Crippen molar-refractivity contribution in [3.8, 4) is 22.6 Å². The third-order valence-corrected chi connectivity index (χ3v) is 6.04. The zero-order valence-electron chi connectivity index (χ0n) is 20.3. The van der Waals surface area contributed by atoms with Crippen LogP contribution >= 0.6 is 0 Å². The molecule has 5 nitrogen and oxygen atoms in total. The van der Waals surface area contributed by atoms with Gasteiger partial charge in [-0.15, -0.1) is 6.58 Å². The number of aryl methyl sites for hydroxylation is 1. The fourth-order valence-corrected chi connectivity index (χ4v) is 3.73. The summed E-state index contributed by atoms with van der Waals surface area (Å²) in [5, 5.41) is 20.1. The Kier molecular flexibility index (Phi) is 8.30. The predicted octanol–water partition coefficient (Wildman–Crippen LogP) is 6.34. The van der Waals surface area contributed by atoms with Crippen LogP contribution in [0, 0.1) is 11.2 Å². The molecule has 1 atom stereocenters. The number of aliphatic carboxylic acids is 1. The van der Waals surface area contributed by atoms with Crippen LogP contribution in [0.5, 0.6) is 11.5 Å². The number of methoxy groups -OCH3 is 1. The molecule has 35 heavy (non-hydrogen) atoms. The van der Waals surface area contributed by atoms with Crippen molar-refractivity contribution in [2.75, 3.05) is 7.11 Å². The lowest BCUT2D eigenvalue weighted by Crippen LogP contribution is -2.20. The van der Waals surface area contributed by atoms with E-state index in [2.05, 4.69) is 6.58 Å². The molecule has 0 spiro atoms. The van der Waals surface area contributed by atoms with Gasteiger partial charge in [-0.3, -0.25) is 4.79 Å². The van der Waals surface area contributed by atoms with Crippen LogP contribution in [0.25, 0.3) is 11.1 Å². The second-order valence-electron chi connectivity index (χ2n) is 9.03. The third kappa shape index (κ3) is 6.49. The van der Waals surface area contributed by atoms with E-state index in [0.29, 0.717) is 34.6 Å². The average molecular weight is 479 g/mol. The van der Waals surface area contributed by atoms with Crippen molar-refractivity contribution in [1.29, 1.82) is 0 Å². The summed E-state index contributed by atoms with van der Waals surface area (Å²) >= 11 is 0. The molecule has 3 aromatic rings. The smallest absolute Gasteiger partial charge is 0.303 e. The Labute approximate surface area is 205 Å². The van der Waals surface area contributed by atoms with Gasteiger partial charge in [-0.05, 0) is 65.1 Å².